The van der Waals surface area contributed by atoms with Gasteiger partial charge in [0.1, 0.15) is 11.8 Å². The third kappa shape index (κ3) is 6.74. The molecule has 6 fully saturated rings. The second-order valence-corrected chi connectivity index (χ2v) is 16.2. The van der Waals surface area contributed by atoms with Crippen molar-refractivity contribution in [2.75, 3.05) is 52.5 Å². The molecule has 4 aliphatic heterocycles. The van der Waals surface area contributed by atoms with Gasteiger partial charge in [-0.3, -0.25) is 19.4 Å². The van der Waals surface area contributed by atoms with E-state index >= 15 is 4.39 Å². The van der Waals surface area contributed by atoms with Crippen LogP contribution in [0.1, 0.15) is 65.7 Å². The topological polar surface area (TPSA) is 139 Å². The summed E-state index contributed by atoms with van der Waals surface area (Å²) in [6.07, 6.45) is 6.33. The first-order valence-electron chi connectivity index (χ1n) is 18.4. The number of alkyl halides is 1. The van der Waals surface area contributed by atoms with Crippen molar-refractivity contribution in [2.45, 2.75) is 120 Å². The number of carbonyl (C=O) groups excluding carboxylic acids is 3. The SMILES string of the molecule is CC(C)(C)OC(=O)NC1CCN(C2C(F)C(N)C3C(=O)C(C(=O)NCCN4CCOCC4)=CN4C5CC6CCCCC6CC5OC2C34)C1. The van der Waals surface area contributed by atoms with Crippen LogP contribution in [0, 0.1) is 17.8 Å². The number of hydrogen-bond donors (Lipinski definition) is 3. The van der Waals surface area contributed by atoms with Gasteiger partial charge >= 0.3 is 6.09 Å². The van der Waals surface area contributed by atoms with Crippen LogP contribution < -0.4 is 16.4 Å². The molecule has 4 N–H and O–H groups in total. The standard InChI is InChI=1S/C35H55FN6O6/c1-35(2,3)48-34(45)39-22-8-10-41(18-22)30-27(36)28(37)26-29-32(30)47-25-17-21-7-5-4-6-20(21)16-24(25)42(29)19-23(31(26)43)33(44)38-9-11-40-12-14-46-15-13-40/h19-22,24-30,32H,4-18,37H2,1-3H3,(H,38,44)(H,39,45). The maximum atomic E-state index is 16.8. The van der Waals surface area contributed by atoms with Gasteiger partial charge in [-0.05, 0) is 51.9 Å². The van der Waals surface area contributed by atoms with Crippen molar-refractivity contribution < 1.29 is 33.0 Å². The Morgan fingerprint density at radius 3 is 2.52 bits per heavy atom. The average Bonchev–Trinajstić information content (AvgIpc) is 3.50. The fraction of sp³-hybridized carbons (Fsp3) is 0.857. The normalized spacial score (nSPS) is 40.3. The van der Waals surface area contributed by atoms with Crippen molar-refractivity contribution in [3.05, 3.63) is 11.8 Å². The summed E-state index contributed by atoms with van der Waals surface area (Å²) in [5, 5.41) is 5.93. The van der Waals surface area contributed by atoms with Crippen LogP contribution >= 0.6 is 0 Å². The predicted molar refractivity (Wildman–Crippen MR) is 176 cm³/mol. The third-order valence-corrected chi connectivity index (χ3v) is 12.1. The van der Waals surface area contributed by atoms with Gasteiger partial charge in [0, 0.05) is 57.6 Å². The van der Waals surface area contributed by atoms with Crippen LogP contribution in [-0.4, -0.2) is 139 Å². The van der Waals surface area contributed by atoms with Crippen molar-refractivity contribution in [3.8, 4) is 0 Å². The third-order valence-electron chi connectivity index (χ3n) is 12.1. The number of Topliss-reactive ketones (excluding diaryl/α,β-unsaturated/α-hetero) is 1. The molecule has 3 aliphatic carbocycles. The molecule has 11 atom stereocenters. The van der Waals surface area contributed by atoms with Crippen molar-refractivity contribution in [1.82, 2.24) is 25.3 Å². The lowest BCUT2D eigenvalue weighted by atomic mass is 9.64. The molecule has 4 heterocycles. The molecule has 48 heavy (non-hydrogen) atoms. The Morgan fingerprint density at radius 1 is 1.06 bits per heavy atom. The Morgan fingerprint density at radius 2 is 1.79 bits per heavy atom. The van der Waals surface area contributed by atoms with E-state index in [1.54, 1.807) is 6.20 Å². The molecule has 3 saturated carbocycles. The summed E-state index contributed by atoms with van der Waals surface area (Å²) in [5.41, 5.74) is 6.19. The van der Waals surface area contributed by atoms with E-state index in [1.165, 1.54) is 25.7 Å². The Hall–Kier alpha value is -2.32. The zero-order chi connectivity index (χ0) is 33.7. The predicted octanol–water partition coefficient (Wildman–Crippen LogP) is 1.57. The molecule has 0 bridgehead atoms. The minimum Gasteiger partial charge on any atom is -0.444 e. The highest BCUT2D eigenvalue weighted by atomic mass is 19.1. The van der Waals surface area contributed by atoms with Gasteiger partial charge in [0.15, 0.2) is 5.78 Å². The molecule has 0 aromatic heterocycles. The number of hydrogen-bond acceptors (Lipinski definition) is 10. The monoisotopic (exact) mass is 674 g/mol. The quantitative estimate of drug-likeness (QED) is 0.356. The van der Waals surface area contributed by atoms with E-state index < -0.39 is 59.7 Å². The minimum atomic E-state index is -1.55. The van der Waals surface area contributed by atoms with Crippen LogP contribution in [0.15, 0.2) is 11.8 Å². The fourth-order valence-corrected chi connectivity index (χ4v) is 9.84. The Bertz CT molecular complexity index is 1260. The van der Waals surface area contributed by atoms with Gasteiger partial charge in [-0.25, -0.2) is 9.18 Å². The average molecular weight is 675 g/mol. The number of nitrogens with two attached hydrogens (primary N) is 1. The zero-order valence-electron chi connectivity index (χ0n) is 28.8. The second kappa shape index (κ2) is 13.8. The summed E-state index contributed by atoms with van der Waals surface area (Å²) in [6.45, 7) is 10.5. The Balaban J connectivity index is 1.14. The van der Waals surface area contributed by atoms with Crippen LogP contribution in [0.4, 0.5) is 9.18 Å². The molecule has 3 saturated heterocycles. The van der Waals surface area contributed by atoms with E-state index in [4.69, 9.17) is 19.9 Å². The van der Waals surface area contributed by atoms with Crippen LogP contribution in [0.25, 0.3) is 0 Å². The lowest BCUT2D eigenvalue weighted by Crippen LogP contribution is -2.78. The first-order valence-corrected chi connectivity index (χ1v) is 18.4. The lowest BCUT2D eigenvalue weighted by molar-refractivity contribution is -0.222. The second-order valence-electron chi connectivity index (χ2n) is 16.2. The summed E-state index contributed by atoms with van der Waals surface area (Å²) in [4.78, 5) is 46.9. The molecule has 13 heteroatoms. The minimum absolute atomic E-state index is 0.00141. The molecule has 0 aromatic rings. The maximum Gasteiger partial charge on any atom is 0.407 e. The van der Waals surface area contributed by atoms with E-state index in [0.717, 1.165) is 25.9 Å². The highest BCUT2D eigenvalue weighted by Gasteiger charge is 2.63. The number of nitrogens with zero attached hydrogens (tertiary/aromatic N) is 3. The van der Waals surface area contributed by atoms with E-state index in [-0.39, 0.29) is 23.8 Å². The molecular formula is C35H55FN6O6. The molecule has 7 aliphatic rings. The van der Waals surface area contributed by atoms with Crippen molar-refractivity contribution in [3.63, 3.8) is 0 Å². The van der Waals surface area contributed by atoms with E-state index in [1.807, 2.05) is 20.8 Å². The molecule has 11 unspecified atom stereocenters. The van der Waals surface area contributed by atoms with Gasteiger partial charge in [-0.15, -0.1) is 0 Å². The smallest absolute Gasteiger partial charge is 0.407 e. The van der Waals surface area contributed by atoms with Gasteiger partial charge in [0.25, 0.3) is 5.91 Å². The van der Waals surface area contributed by atoms with Crippen molar-refractivity contribution >= 4 is 17.8 Å². The fourth-order valence-electron chi connectivity index (χ4n) is 9.84. The first kappa shape index (κ1) is 34.1. The largest absolute Gasteiger partial charge is 0.444 e. The number of halogens is 1. The van der Waals surface area contributed by atoms with E-state index in [0.29, 0.717) is 57.6 Å². The molecule has 0 spiro atoms. The number of carbonyl (C=O) groups is 3. The number of morpholine rings is 2. The summed E-state index contributed by atoms with van der Waals surface area (Å²) < 4.78 is 34.7. The number of ether oxygens (including phenoxy) is 3. The Kier molecular flexibility index (Phi) is 9.80. The highest BCUT2D eigenvalue weighted by molar-refractivity contribution is 6.21. The molecule has 268 valence electrons. The lowest BCUT2D eigenvalue weighted by Gasteiger charge is -2.62. The molecule has 12 nitrogen and oxygen atoms in total. The van der Waals surface area contributed by atoms with E-state index in [2.05, 4.69) is 25.3 Å². The van der Waals surface area contributed by atoms with Crippen molar-refractivity contribution in [1.29, 1.82) is 0 Å². The number of amides is 2. The Labute approximate surface area is 283 Å². The van der Waals surface area contributed by atoms with Crippen LogP contribution in [0.5, 0.6) is 0 Å². The van der Waals surface area contributed by atoms with Crippen LogP contribution in [0.2, 0.25) is 0 Å². The van der Waals surface area contributed by atoms with Gasteiger partial charge in [-0.1, -0.05) is 25.7 Å². The molecule has 7 rings (SSSR count). The molecule has 2 amide bonds. The summed E-state index contributed by atoms with van der Waals surface area (Å²) in [6, 6.07) is -2.44. The van der Waals surface area contributed by atoms with Gasteiger partial charge in [0.05, 0.1) is 55.0 Å². The van der Waals surface area contributed by atoms with E-state index in [9.17, 15) is 14.4 Å². The number of ketones is 1. The van der Waals surface area contributed by atoms with Crippen molar-refractivity contribution in [2.24, 2.45) is 23.5 Å². The number of fused-ring (bicyclic) bond motifs is 3. The zero-order valence-corrected chi connectivity index (χ0v) is 28.8. The summed E-state index contributed by atoms with van der Waals surface area (Å²) in [7, 11) is 0. The number of likely N-dealkylation sites (tertiary alicyclic amines) is 1. The number of alkyl carbamates (subject to hydrolysis) is 1. The summed E-state index contributed by atoms with van der Waals surface area (Å²) >= 11 is 0. The number of rotatable bonds is 6. The van der Waals surface area contributed by atoms with Gasteiger partial charge < -0.3 is 35.5 Å². The highest BCUT2D eigenvalue weighted by Crippen LogP contribution is 2.50. The molecular weight excluding hydrogens is 619 g/mol. The molecule has 0 aromatic carbocycles. The number of nitrogens with one attached hydrogen (secondary N) is 2. The van der Waals surface area contributed by atoms with Crippen LogP contribution in [-0.2, 0) is 23.8 Å². The van der Waals surface area contributed by atoms with Crippen LogP contribution in [0.3, 0.4) is 0 Å². The first-order chi connectivity index (χ1) is 23.0. The van der Waals surface area contributed by atoms with Gasteiger partial charge in [-0.2, -0.15) is 0 Å². The molecule has 0 radical (unpaired) electrons. The maximum absolute atomic E-state index is 16.8. The summed E-state index contributed by atoms with van der Waals surface area (Å²) in [5.74, 6) is -0.549. The van der Waals surface area contributed by atoms with Gasteiger partial charge in [0.2, 0.25) is 0 Å².